The second-order valence-corrected chi connectivity index (χ2v) is 3.89. The number of nitrogens with zero attached hydrogens (tertiary/aromatic N) is 1. The van der Waals surface area contributed by atoms with Gasteiger partial charge in [-0.1, -0.05) is 6.07 Å². The highest BCUT2D eigenvalue weighted by atomic mass is 35.5. The number of halogens is 1. The molecule has 0 radical (unpaired) electrons. The first kappa shape index (κ1) is 9.78. The first-order chi connectivity index (χ1) is 6.90. The highest BCUT2D eigenvalue weighted by Gasteiger charge is 2.18. The molecule has 1 aliphatic rings. The van der Waals surface area contributed by atoms with E-state index in [2.05, 4.69) is 4.98 Å². The predicted octanol–water partition coefficient (Wildman–Crippen LogP) is 3.14. The van der Waals surface area contributed by atoms with Crippen LogP contribution in [0, 0.1) is 0 Å². The summed E-state index contributed by atoms with van der Waals surface area (Å²) in [7, 11) is 0. The van der Waals surface area contributed by atoms with E-state index in [9.17, 15) is 0 Å². The van der Waals surface area contributed by atoms with Crippen molar-refractivity contribution in [2.75, 3.05) is 0 Å². The average Bonchev–Trinajstić information content (AvgIpc) is 2.71. The fourth-order valence-corrected chi connectivity index (χ4v) is 2.00. The maximum atomic E-state index is 5.80. The van der Waals surface area contributed by atoms with Crippen LogP contribution < -0.4 is 4.74 Å². The Kier molecular flexibility index (Phi) is 3.25. The molecule has 0 N–H and O–H groups in total. The van der Waals surface area contributed by atoms with Gasteiger partial charge in [-0.15, -0.1) is 11.6 Å². The summed E-state index contributed by atoms with van der Waals surface area (Å²) in [5.74, 6) is 1.19. The van der Waals surface area contributed by atoms with Crippen molar-refractivity contribution < 1.29 is 4.74 Å². The number of aromatic nitrogens is 1. The van der Waals surface area contributed by atoms with Crippen LogP contribution in [-0.4, -0.2) is 11.1 Å². The third-order valence-corrected chi connectivity index (χ3v) is 2.86. The second kappa shape index (κ2) is 4.65. The number of rotatable bonds is 3. The summed E-state index contributed by atoms with van der Waals surface area (Å²) in [6, 6.07) is 3.85. The lowest BCUT2D eigenvalue weighted by atomic mass is 10.3. The number of hydrogen-bond acceptors (Lipinski definition) is 2. The zero-order valence-corrected chi connectivity index (χ0v) is 8.83. The molecule has 1 aliphatic carbocycles. The maximum absolute atomic E-state index is 5.80. The molecule has 0 atom stereocenters. The summed E-state index contributed by atoms with van der Waals surface area (Å²) in [4.78, 5) is 4.21. The normalized spacial score (nSPS) is 17.2. The molecule has 1 saturated carbocycles. The number of pyridine rings is 1. The Balaban J connectivity index is 2.07. The van der Waals surface area contributed by atoms with Gasteiger partial charge in [0.2, 0.25) is 5.88 Å². The topological polar surface area (TPSA) is 22.1 Å². The van der Waals surface area contributed by atoms with Crippen LogP contribution in [0.5, 0.6) is 5.88 Å². The smallest absolute Gasteiger partial charge is 0.218 e. The Morgan fingerprint density at radius 1 is 1.43 bits per heavy atom. The van der Waals surface area contributed by atoms with E-state index in [1.165, 1.54) is 12.8 Å². The molecule has 1 aromatic heterocycles. The van der Waals surface area contributed by atoms with Crippen molar-refractivity contribution in [3.05, 3.63) is 23.9 Å². The minimum Gasteiger partial charge on any atom is -0.474 e. The summed E-state index contributed by atoms with van der Waals surface area (Å²) >= 11 is 5.80. The molecule has 0 spiro atoms. The van der Waals surface area contributed by atoms with Gasteiger partial charge >= 0.3 is 0 Å². The van der Waals surface area contributed by atoms with Gasteiger partial charge in [0.05, 0.1) is 5.88 Å². The van der Waals surface area contributed by atoms with Crippen LogP contribution in [-0.2, 0) is 5.88 Å². The number of alkyl halides is 1. The van der Waals surface area contributed by atoms with Gasteiger partial charge in [-0.05, 0) is 31.7 Å². The van der Waals surface area contributed by atoms with E-state index >= 15 is 0 Å². The fourth-order valence-electron chi connectivity index (χ4n) is 1.80. The Morgan fingerprint density at radius 2 is 2.21 bits per heavy atom. The molecule has 0 unspecified atom stereocenters. The SMILES string of the molecule is ClCc1cccnc1OC1CCCC1. The molecule has 1 aromatic rings. The molecular weight excluding hydrogens is 198 g/mol. The molecule has 0 aromatic carbocycles. The van der Waals surface area contributed by atoms with Crippen LogP contribution in [0.2, 0.25) is 0 Å². The largest absolute Gasteiger partial charge is 0.474 e. The van der Waals surface area contributed by atoms with E-state index in [0.29, 0.717) is 12.0 Å². The molecule has 76 valence electrons. The first-order valence-corrected chi connectivity index (χ1v) is 5.60. The van der Waals surface area contributed by atoms with Crippen molar-refractivity contribution in [1.29, 1.82) is 0 Å². The highest BCUT2D eigenvalue weighted by Crippen LogP contribution is 2.25. The number of hydrogen-bond donors (Lipinski definition) is 0. The van der Waals surface area contributed by atoms with Crippen molar-refractivity contribution in [3.8, 4) is 5.88 Å². The van der Waals surface area contributed by atoms with E-state index < -0.39 is 0 Å². The monoisotopic (exact) mass is 211 g/mol. The Bertz CT molecular complexity index is 297. The van der Waals surface area contributed by atoms with Gasteiger partial charge in [0.25, 0.3) is 0 Å². The van der Waals surface area contributed by atoms with Crippen molar-refractivity contribution in [1.82, 2.24) is 4.98 Å². The lowest BCUT2D eigenvalue weighted by Crippen LogP contribution is -2.12. The molecule has 0 amide bonds. The second-order valence-electron chi connectivity index (χ2n) is 3.63. The van der Waals surface area contributed by atoms with Gasteiger partial charge in [0.15, 0.2) is 0 Å². The highest BCUT2D eigenvalue weighted by molar-refractivity contribution is 6.17. The van der Waals surface area contributed by atoms with Gasteiger partial charge < -0.3 is 4.74 Å². The molecule has 1 heterocycles. The molecule has 14 heavy (non-hydrogen) atoms. The van der Waals surface area contributed by atoms with Crippen molar-refractivity contribution in [3.63, 3.8) is 0 Å². The van der Waals surface area contributed by atoms with E-state index in [0.717, 1.165) is 24.3 Å². The third-order valence-electron chi connectivity index (χ3n) is 2.57. The summed E-state index contributed by atoms with van der Waals surface area (Å²) in [6.45, 7) is 0. The number of ether oxygens (including phenoxy) is 1. The molecule has 3 heteroatoms. The van der Waals surface area contributed by atoms with Gasteiger partial charge in [0.1, 0.15) is 6.10 Å². The van der Waals surface area contributed by atoms with Gasteiger partial charge in [-0.3, -0.25) is 0 Å². The summed E-state index contributed by atoms with van der Waals surface area (Å²) in [5, 5.41) is 0. The molecule has 2 rings (SSSR count). The van der Waals surface area contributed by atoms with Gasteiger partial charge in [0, 0.05) is 11.8 Å². The predicted molar refractivity (Wildman–Crippen MR) is 56.7 cm³/mol. The Morgan fingerprint density at radius 3 is 2.93 bits per heavy atom. The van der Waals surface area contributed by atoms with Crippen molar-refractivity contribution in [2.45, 2.75) is 37.7 Å². The zero-order chi connectivity index (χ0) is 9.80. The van der Waals surface area contributed by atoms with Crippen LogP contribution >= 0.6 is 11.6 Å². The average molecular weight is 212 g/mol. The standard InChI is InChI=1S/C11H14ClNO/c12-8-9-4-3-7-13-11(9)14-10-5-1-2-6-10/h3-4,7,10H,1-2,5-6,8H2. The summed E-state index contributed by atoms with van der Waals surface area (Å²) < 4.78 is 5.80. The van der Waals surface area contributed by atoms with Gasteiger partial charge in [-0.2, -0.15) is 0 Å². The van der Waals surface area contributed by atoms with Crippen LogP contribution in [0.4, 0.5) is 0 Å². The lowest BCUT2D eigenvalue weighted by Gasteiger charge is -2.13. The van der Waals surface area contributed by atoms with E-state index in [1.807, 2.05) is 12.1 Å². The molecule has 1 fully saturated rings. The van der Waals surface area contributed by atoms with E-state index in [1.54, 1.807) is 6.20 Å². The zero-order valence-electron chi connectivity index (χ0n) is 8.08. The molecular formula is C11H14ClNO. The van der Waals surface area contributed by atoms with Crippen LogP contribution in [0.3, 0.4) is 0 Å². The Hall–Kier alpha value is -0.760. The summed E-state index contributed by atoms with van der Waals surface area (Å²) in [6.07, 6.45) is 6.95. The maximum Gasteiger partial charge on any atom is 0.218 e. The van der Waals surface area contributed by atoms with Crippen LogP contribution in [0.1, 0.15) is 31.2 Å². The minimum absolute atomic E-state index is 0.354. The molecule has 0 saturated heterocycles. The molecule has 0 aliphatic heterocycles. The van der Waals surface area contributed by atoms with Crippen LogP contribution in [0.25, 0.3) is 0 Å². The fraction of sp³-hybridized carbons (Fsp3) is 0.545. The first-order valence-electron chi connectivity index (χ1n) is 5.06. The molecule has 0 bridgehead atoms. The van der Waals surface area contributed by atoms with Crippen molar-refractivity contribution >= 4 is 11.6 Å². The third kappa shape index (κ3) is 2.18. The minimum atomic E-state index is 0.354. The van der Waals surface area contributed by atoms with Crippen molar-refractivity contribution in [2.24, 2.45) is 0 Å². The summed E-state index contributed by atoms with van der Waals surface area (Å²) in [5.41, 5.74) is 0.987. The quantitative estimate of drug-likeness (QED) is 0.717. The van der Waals surface area contributed by atoms with Crippen LogP contribution in [0.15, 0.2) is 18.3 Å². The lowest BCUT2D eigenvalue weighted by molar-refractivity contribution is 0.200. The van der Waals surface area contributed by atoms with E-state index in [-0.39, 0.29) is 0 Å². The molecule has 2 nitrogen and oxygen atoms in total. The Labute approximate surface area is 89.3 Å². The van der Waals surface area contributed by atoms with E-state index in [4.69, 9.17) is 16.3 Å². The van der Waals surface area contributed by atoms with Gasteiger partial charge in [-0.25, -0.2) is 4.98 Å².